The van der Waals surface area contributed by atoms with Gasteiger partial charge in [-0.2, -0.15) is 0 Å². The maximum absolute atomic E-state index is 12.4. The fourth-order valence-electron chi connectivity index (χ4n) is 2.87. The standard InChI is InChI=1S/C24H21Br2ClN2O4/c1-14-11-16(25)12-19(26)23(14)32-13-22(30)28-17-7-9-18(10-8-17)29-24(31)15(2)33-21-6-4-3-5-20(21)27/h3-12,15H,13H2,1-2H3,(H,28,30)(H,29,31). The van der Waals surface area contributed by atoms with Crippen LogP contribution in [0.3, 0.4) is 0 Å². The lowest BCUT2D eigenvalue weighted by Crippen LogP contribution is -2.30. The maximum atomic E-state index is 12.4. The molecule has 2 N–H and O–H groups in total. The third-order valence-electron chi connectivity index (χ3n) is 4.49. The van der Waals surface area contributed by atoms with Crippen molar-refractivity contribution in [3.8, 4) is 11.5 Å². The molecule has 0 saturated carbocycles. The van der Waals surface area contributed by atoms with Crippen LogP contribution in [0.15, 0.2) is 69.6 Å². The first-order chi connectivity index (χ1) is 15.7. The van der Waals surface area contributed by atoms with Gasteiger partial charge in [0.05, 0.1) is 9.50 Å². The molecule has 6 nitrogen and oxygen atoms in total. The average molecular weight is 597 g/mol. The van der Waals surface area contributed by atoms with Gasteiger partial charge in [0.1, 0.15) is 11.5 Å². The first-order valence-electron chi connectivity index (χ1n) is 9.93. The second-order valence-corrected chi connectivity index (χ2v) is 9.30. The summed E-state index contributed by atoms with van der Waals surface area (Å²) in [6, 6.07) is 17.5. The van der Waals surface area contributed by atoms with Gasteiger partial charge in [0.25, 0.3) is 11.8 Å². The van der Waals surface area contributed by atoms with E-state index in [1.807, 2.05) is 19.1 Å². The number of amides is 2. The molecule has 1 atom stereocenters. The van der Waals surface area contributed by atoms with Gasteiger partial charge in [-0.3, -0.25) is 9.59 Å². The molecule has 0 heterocycles. The Bertz CT molecular complexity index is 1130. The van der Waals surface area contributed by atoms with E-state index in [0.717, 1.165) is 14.5 Å². The van der Waals surface area contributed by atoms with Crippen LogP contribution in [0.4, 0.5) is 11.4 Å². The molecule has 3 aromatic rings. The minimum absolute atomic E-state index is 0.142. The van der Waals surface area contributed by atoms with Gasteiger partial charge in [0.15, 0.2) is 12.7 Å². The Kier molecular flexibility index (Phi) is 8.77. The molecule has 1 unspecified atom stereocenters. The molecule has 0 aliphatic carbocycles. The monoisotopic (exact) mass is 594 g/mol. The van der Waals surface area contributed by atoms with Crippen LogP contribution >= 0.6 is 43.5 Å². The van der Waals surface area contributed by atoms with Crippen molar-refractivity contribution in [2.24, 2.45) is 0 Å². The molecule has 3 aromatic carbocycles. The Morgan fingerprint density at radius 3 is 2.27 bits per heavy atom. The van der Waals surface area contributed by atoms with E-state index in [-0.39, 0.29) is 18.4 Å². The van der Waals surface area contributed by atoms with Gasteiger partial charge in [0.2, 0.25) is 0 Å². The average Bonchev–Trinajstić information content (AvgIpc) is 2.76. The lowest BCUT2D eigenvalue weighted by atomic mass is 10.2. The van der Waals surface area contributed by atoms with Crippen LogP contribution in [-0.2, 0) is 9.59 Å². The molecular formula is C24H21Br2ClN2O4. The van der Waals surface area contributed by atoms with E-state index in [2.05, 4.69) is 42.5 Å². The summed E-state index contributed by atoms with van der Waals surface area (Å²) < 4.78 is 13.0. The van der Waals surface area contributed by atoms with E-state index in [9.17, 15) is 9.59 Å². The number of hydrogen-bond acceptors (Lipinski definition) is 4. The lowest BCUT2D eigenvalue weighted by molar-refractivity contribution is -0.122. The third-order valence-corrected chi connectivity index (χ3v) is 5.85. The summed E-state index contributed by atoms with van der Waals surface area (Å²) in [5.74, 6) is 0.422. The minimum atomic E-state index is -0.747. The molecule has 0 radical (unpaired) electrons. The molecule has 0 aliphatic rings. The van der Waals surface area contributed by atoms with Crippen LogP contribution in [0, 0.1) is 6.92 Å². The zero-order valence-electron chi connectivity index (χ0n) is 17.8. The fraction of sp³-hybridized carbons (Fsp3) is 0.167. The predicted molar refractivity (Wildman–Crippen MR) is 137 cm³/mol. The number of rotatable bonds is 8. The Labute approximate surface area is 213 Å². The summed E-state index contributed by atoms with van der Waals surface area (Å²) in [6.07, 6.45) is -0.747. The van der Waals surface area contributed by atoms with Gasteiger partial charge in [-0.1, -0.05) is 39.7 Å². The normalized spacial score (nSPS) is 11.4. The zero-order chi connectivity index (χ0) is 24.0. The van der Waals surface area contributed by atoms with Crippen LogP contribution in [-0.4, -0.2) is 24.5 Å². The molecular weight excluding hydrogens is 576 g/mol. The van der Waals surface area contributed by atoms with Gasteiger partial charge < -0.3 is 20.1 Å². The van der Waals surface area contributed by atoms with E-state index >= 15 is 0 Å². The number of carbonyl (C=O) groups excluding carboxylic acids is 2. The van der Waals surface area contributed by atoms with Crippen molar-refractivity contribution in [2.75, 3.05) is 17.2 Å². The van der Waals surface area contributed by atoms with Crippen molar-refractivity contribution in [1.29, 1.82) is 0 Å². The van der Waals surface area contributed by atoms with Crippen LogP contribution in [0.5, 0.6) is 11.5 Å². The van der Waals surface area contributed by atoms with Crippen LogP contribution in [0.2, 0.25) is 5.02 Å². The highest BCUT2D eigenvalue weighted by molar-refractivity contribution is 9.11. The summed E-state index contributed by atoms with van der Waals surface area (Å²) in [6.45, 7) is 3.39. The van der Waals surface area contributed by atoms with Crippen molar-refractivity contribution in [3.05, 3.63) is 80.2 Å². The third kappa shape index (κ3) is 7.22. The smallest absolute Gasteiger partial charge is 0.265 e. The van der Waals surface area contributed by atoms with Crippen LogP contribution < -0.4 is 20.1 Å². The number of carbonyl (C=O) groups is 2. The molecule has 3 rings (SSSR count). The van der Waals surface area contributed by atoms with Gasteiger partial charge in [-0.05, 0) is 83.9 Å². The number of benzene rings is 3. The minimum Gasteiger partial charge on any atom is -0.482 e. The Morgan fingerprint density at radius 2 is 1.64 bits per heavy atom. The highest BCUT2D eigenvalue weighted by Crippen LogP contribution is 2.32. The number of ether oxygens (including phenoxy) is 2. The van der Waals surface area contributed by atoms with Crippen LogP contribution in [0.25, 0.3) is 0 Å². The summed E-state index contributed by atoms with van der Waals surface area (Å²) in [7, 11) is 0. The van der Waals surface area contributed by atoms with Gasteiger partial charge >= 0.3 is 0 Å². The second kappa shape index (κ2) is 11.5. The summed E-state index contributed by atoms with van der Waals surface area (Å²) >= 11 is 12.9. The van der Waals surface area contributed by atoms with Crippen molar-refractivity contribution in [3.63, 3.8) is 0 Å². The molecule has 0 bridgehead atoms. The second-order valence-electron chi connectivity index (χ2n) is 7.13. The summed E-state index contributed by atoms with van der Waals surface area (Å²) in [5, 5.41) is 5.97. The molecule has 0 saturated heterocycles. The summed E-state index contributed by atoms with van der Waals surface area (Å²) in [4.78, 5) is 24.7. The molecule has 0 aliphatic heterocycles. The summed E-state index contributed by atoms with van der Waals surface area (Å²) in [5.41, 5.74) is 2.05. The van der Waals surface area contributed by atoms with Crippen molar-refractivity contribution >= 4 is 66.6 Å². The SMILES string of the molecule is Cc1cc(Br)cc(Br)c1OCC(=O)Nc1ccc(NC(=O)C(C)Oc2ccccc2Cl)cc1. The molecule has 0 fully saturated rings. The maximum Gasteiger partial charge on any atom is 0.265 e. The van der Waals surface area contributed by atoms with Gasteiger partial charge in [-0.15, -0.1) is 0 Å². The lowest BCUT2D eigenvalue weighted by Gasteiger charge is -2.16. The predicted octanol–water partition coefficient (Wildman–Crippen LogP) is 6.60. The molecule has 0 spiro atoms. The van der Waals surface area contributed by atoms with Gasteiger partial charge in [0, 0.05) is 15.8 Å². The van der Waals surface area contributed by atoms with E-state index in [4.69, 9.17) is 21.1 Å². The Morgan fingerprint density at radius 1 is 1.00 bits per heavy atom. The number of hydrogen-bond donors (Lipinski definition) is 2. The van der Waals surface area contributed by atoms with E-state index in [1.54, 1.807) is 55.5 Å². The topological polar surface area (TPSA) is 76.7 Å². The van der Waals surface area contributed by atoms with E-state index in [1.165, 1.54) is 0 Å². The highest BCUT2D eigenvalue weighted by Gasteiger charge is 2.16. The number of nitrogens with one attached hydrogen (secondary N) is 2. The molecule has 0 aromatic heterocycles. The van der Waals surface area contributed by atoms with Crippen LogP contribution in [0.1, 0.15) is 12.5 Å². The zero-order valence-corrected chi connectivity index (χ0v) is 21.8. The number of anilines is 2. The number of aryl methyl sites for hydroxylation is 1. The molecule has 33 heavy (non-hydrogen) atoms. The molecule has 9 heteroatoms. The van der Waals surface area contributed by atoms with E-state index < -0.39 is 6.10 Å². The van der Waals surface area contributed by atoms with E-state index in [0.29, 0.717) is 27.9 Å². The quantitative estimate of drug-likeness (QED) is 0.307. The first kappa shape index (κ1) is 25.1. The van der Waals surface area contributed by atoms with Crippen molar-refractivity contribution in [1.82, 2.24) is 0 Å². The highest BCUT2D eigenvalue weighted by atomic mass is 79.9. The first-order valence-corrected chi connectivity index (χ1v) is 11.9. The Balaban J connectivity index is 1.51. The fourth-order valence-corrected chi connectivity index (χ4v) is 4.61. The van der Waals surface area contributed by atoms with Gasteiger partial charge in [-0.25, -0.2) is 0 Å². The number of para-hydroxylation sites is 1. The largest absolute Gasteiger partial charge is 0.482 e. The van der Waals surface area contributed by atoms with Crippen molar-refractivity contribution in [2.45, 2.75) is 20.0 Å². The molecule has 172 valence electrons. The number of halogens is 3. The Hall–Kier alpha value is -2.55. The van der Waals surface area contributed by atoms with Crippen molar-refractivity contribution < 1.29 is 19.1 Å². The molecule has 2 amide bonds.